The minimum atomic E-state index is -3.20. The third-order valence-electron chi connectivity index (χ3n) is 2.32. The molecule has 16 heavy (non-hydrogen) atoms. The van der Waals surface area contributed by atoms with E-state index in [0.29, 0.717) is 11.6 Å². The van der Waals surface area contributed by atoms with Crippen molar-refractivity contribution in [1.29, 1.82) is 0 Å². The van der Waals surface area contributed by atoms with E-state index in [1.54, 1.807) is 33.0 Å². The first-order chi connectivity index (χ1) is 7.34. The Morgan fingerprint density at radius 2 is 2.00 bits per heavy atom. The zero-order valence-electron chi connectivity index (χ0n) is 9.64. The van der Waals surface area contributed by atoms with Gasteiger partial charge in [0.1, 0.15) is 0 Å². The predicted octanol–water partition coefficient (Wildman–Crippen LogP) is 2.51. The molecule has 0 aliphatic carbocycles. The molecule has 0 amide bonds. The van der Waals surface area contributed by atoms with Gasteiger partial charge in [0.25, 0.3) is 0 Å². The molecule has 0 saturated carbocycles. The molecule has 0 radical (unpaired) electrons. The molecular formula is C11H16ClNO2S. The van der Waals surface area contributed by atoms with Gasteiger partial charge in [-0.05, 0) is 31.5 Å². The van der Waals surface area contributed by atoms with Gasteiger partial charge in [-0.2, -0.15) is 0 Å². The third kappa shape index (κ3) is 3.20. The van der Waals surface area contributed by atoms with E-state index in [1.165, 1.54) is 4.31 Å². The quantitative estimate of drug-likeness (QED) is 0.835. The highest BCUT2D eigenvalue weighted by Crippen LogP contribution is 2.15. The lowest BCUT2D eigenvalue weighted by Gasteiger charge is -2.19. The topological polar surface area (TPSA) is 37.4 Å². The number of halogens is 1. The Balaban J connectivity index is 2.83. The Labute approximate surface area is 102 Å². The van der Waals surface area contributed by atoms with Gasteiger partial charge in [0, 0.05) is 18.6 Å². The highest BCUT2D eigenvalue weighted by Gasteiger charge is 2.21. The molecule has 0 aliphatic rings. The minimum absolute atomic E-state index is 0.348. The molecule has 0 atom stereocenters. The highest BCUT2D eigenvalue weighted by atomic mass is 35.5. The lowest BCUT2D eigenvalue weighted by molar-refractivity contribution is 0.459. The van der Waals surface area contributed by atoms with Gasteiger partial charge in [0.05, 0.1) is 5.25 Å². The molecule has 0 N–H and O–H groups in total. The number of hydrogen-bond donors (Lipinski definition) is 0. The first-order valence-corrected chi connectivity index (χ1v) is 6.91. The molecule has 3 nitrogen and oxygen atoms in total. The normalized spacial score (nSPS) is 12.4. The van der Waals surface area contributed by atoms with E-state index < -0.39 is 15.3 Å². The minimum Gasteiger partial charge on any atom is -0.212 e. The second-order valence-corrected chi connectivity index (χ2v) is 7.01. The van der Waals surface area contributed by atoms with Crippen molar-refractivity contribution in [3.8, 4) is 0 Å². The fourth-order valence-electron chi connectivity index (χ4n) is 1.34. The van der Waals surface area contributed by atoms with Crippen LogP contribution < -0.4 is 0 Å². The number of sulfonamides is 1. The SMILES string of the molecule is CC(C)S(=O)(=O)N(C)Cc1cccc(Cl)c1. The van der Waals surface area contributed by atoms with E-state index in [2.05, 4.69) is 0 Å². The number of hydrogen-bond acceptors (Lipinski definition) is 2. The van der Waals surface area contributed by atoms with Crippen LogP contribution in [0.2, 0.25) is 5.02 Å². The molecule has 1 aromatic rings. The largest absolute Gasteiger partial charge is 0.216 e. The van der Waals surface area contributed by atoms with Crippen molar-refractivity contribution in [1.82, 2.24) is 4.31 Å². The first kappa shape index (κ1) is 13.5. The van der Waals surface area contributed by atoms with Gasteiger partial charge < -0.3 is 0 Å². The maximum absolute atomic E-state index is 11.8. The van der Waals surface area contributed by atoms with Crippen LogP contribution >= 0.6 is 11.6 Å². The van der Waals surface area contributed by atoms with E-state index in [0.717, 1.165) is 5.56 Å². The number of rotatable bonds is 4. The van der Waals surface area contributed by atoms with Crippen molar-refractivity contribution in [3.63, 3.8) is 0 Å². The fraction of sp³-hybridized carbons (Fsp3) is 0.455. The Morgan fingerprint density at radius 3 is 2.50 bits per heavy atom. The van der Waals surface area contributed by atoms with Crippen LogP contribution in [0.3, 0.4) is 0 Å². The first-order valence-electron chi connectivity index (χ1n) is 5.03. The van der Waals surface area contributed by atoms with Gasteiger partial charge in [-0.1, -0.05) is 23.7 Å². The molecule has 0 aliphatic heterocycles. The summed E-state index contributed by atoms with van der Waals surface area (Å²) in [5.74, 6) is 0. The molecule has 0 spiro atoms. The maximum Gasteiger partial charge on any atom is 0.216 e. The van der Waals surface area contributed by atoms with Crippen molar-refractivity contribution < 1.29 is 8.42 Å². The van der Waals surface area contributed by atoms with E-state index in [9.17, 15) is 8.42 Å². The van der Waals surface area contributed by atoms with Gasteiger partial charge in [-0.3, -0.25) is 0 Å². The Kier molecular flexibility index (Phi) is 4.35. The van der Waals surface area contributed by atoms with E-state index in [1.807, 2.05) is 12.1 Å². The Hall–Kier alpha value is -0.580. The Bertz CT molecular complexity index is 457. The summed E-state index contributed by atoms with van der Waals surface area (Å²) in [6.45, 7) is 3.69. The maximum atomic E-state index is 11.8. The molecule has 5 heteroatoms. The van der Waals surface area contributed by atoms with Gasteiger partial charge in [0.2, 0.25) is 10.0 Å². The molecule has 0 bridgehead atoms. The molecule has 0 aromatic heterocycles. The summed E-state index contributed by atoms with van der Waals surface area (Å²) in [5, 5.41) is 0.213. The molecule has 1 rings (SSSR count). The highest BCUT2D eigenvalue weighted by molar-refractivity contribution is 7.89. The monoisotopic (exact) mass is 261 g/mol. The van der Waals surface area contributed by atoms with Crippen molar-refractivity contribution in [2.24, 2.45) is 0 Å². The van der Waals surface area contributed by atoms with Crippen LogP contribution in [-0.2, 0) is 16.6 Å². The lowest BCUT2D eigenvalue weighted by Crippen LogP contribution is -2.32. The van der Waals surface area contributed by atoms with Crippen LogP contribution in [0.4, 0.5) is 0 Å². The summed E-state index contributed by atoms with van der Waals surface area (Å²) in [6, 6.07) is 7.21. The van der Waals surface area contributed by atoms with E-state index in [4.69, 9.17) is 11.6 Å². The van der Waals surface area contributed by atoms with Gasteiger partial charge in [-0.25, -0.2) is 12.7 Å². The van der Waals surface area contributed by atoms with Crippen LogP contribution in [-0.4, -0.2) is 25.0 Å². The van der Waals surface area contributed by atoms with E-state index in [-0.39, 0.29) is 0 Å². The van der Waals surface area contributed by atoms with Gasteiger partial charge >= 0.3 is 0 Å². The van der Waals surface area contributed by atoms with Crippen molar-refractivity contribution in [2.45, 2.75) is 25.6 Å². The summed E-state index contributed by atoms with van der Waals surface area (Å²) < 4.78 is 25.0. The second kappa shape index (κ2) is 5.17. The molecule has 1 aromatic carbocycles. The zero-order chi connectivity index (χ0) is 12.3. The number of benzene rings is 1. The Morgan fingerprint density at radius 1 is 1.38 bits per heavy atom. The summed E-state index contributed by atoms with van der Waals surface area (Å²) >= 11 is 5.84. The summed E-state index contributed by atoms with van der Waals surface area (Å²) in [4.78, 5) is 0. The van der Waals surface area contributed by atoms with Crippen molar-refractivity contribution >= 4 is 21.6 Å². The van der Waals surface area contributed by atoms with Crippen LogP contribution in [0, 0.1) is 0 Å². The van der Waals surface area contributed by atoms with Crippen LogP contribution in [0.15, 0.2) is 24.3 Å². The molecule has 90 valence electrons. The molecule has 0 fully saturated rings. The average molecular weight is 262 g/mol. The smallest absolute Gasteiger partial charge is 0.212 e. The van der Waals surface area contributed by atoms with Gasteiger partial charge in [-0.15, -0.1) is 0 Å². The number of nitrogens with zero attached hydrogens (tertiary/aromatic N) is 1. The molecule has 0 unspecified atom stereocenters. The van der Waals surface area contributed by atoms with Gasteiger partial charge in [0.15, 0.2) is 0 Å². The summed E-state index contributed by atoms with van der Waals surface area (Å²) in [6.07, 6.45) is 0. The second-order valence-electron chi connectivity index (χ2n) is 3.98. The fourth-order valence-corrected chi connectivity index (χ4v) is 2.60. The third-order valence-corrected chi connectivity index (χ3v) is 4.75. The predicted molar refractivity (Wildman–Crippen MR) is 67.0 cm³/mol. The standard InChI is InChI=1S/C11H16ClNO2S/c1-9(2)16(14,15)13(3)8-10-5-4-6-11(12)7-10/h4-7,9H,8H2,1-3H3. The molecular weight excluding hydrogens is 246 g/mol. The zero-order valence-corrected chi connectivity index (χ0v) is 11.2. The lowest BCUT2D eigenvalue weighted by atomic mass is 10.2. The van der Waals surface area contributed by atoms with Crippen molar-refractivity contribution in [3.05, 3.63) is 34.9 Å². The van der Waals surface area contributed by atoms with Crippen molar-refractivity contribution in [2.75, 3.05) is 7.05 Å². The van der Waals surface area contributed by atoms with E-state index >= 15 is 0 Å². The van der Waals surface area contributed by atoms with Crippen LogP contribution in [0.5, 0.6) is 0 Å². The molecule has 0 saturated heterocycles. The average Bonchev–Trinajstić information content (AvgIpc) is 2.17. The van der Waals surface area contributed by atoms with Crippen LogP contribution in [0.25, 0.3) is 0 Å². The summed E-state index contributed by atoms with van der Waals surface area (Å²) in [5.41, 5.74) is 0.888. The molecule has 0 heterocycles. The summed E-state index contributed by atoms with van der Waals surface area (Å²) in [7, 11) is -1.62. The van der Waals surface area contributed by atoms with Crippen LogP contribution in [0.1, 0.15) is 19.4 Å².